The number of nitrogens with one attached hydrogen (secondary N) is 1. The summed E-state index contributed by atoms with van der Waals surface area (Å²) in [6, 6.07) is 14.3. The first kappa shape index (κ1) is 19.1. The summed E-state index contributed by atoms with van der Waals surface area (Å²) in [7, 11) is 0. The van der Waals surface area contributed by atoms with Crippen molar-refractivity contribution in [2.24, 2.45) is 0 Å². The fourth-order valence-corrected chi connectivity index (χ4v) is 3.62. The van der Waals surface area contributed by atoms with Crippen LogP contribution in [0.25, 0.3) is 5.69 Å². The fraction of sp³-hybridized carbons (Fsp3) is 0.273. The average Bonchev–Trinajstić information content (AvgIpc) is 3.29. The van der Waals surface area contributed by atoms with Gasteiger partial charge in [-0.15, -0.1) is 0 Å². The summed E-state index contributed by atoms with van der Waals surface area (Å²) in [5, 5.41) is 7.42. The minimum absolute atomic E-state index is 0.0660. The van der Waals surface area contributed by atoms with Gasteiger partial charge in [0, 0.05) is 17.8 Å². The Labute approximate surface area is 167 Å². The maximum absolute atomic E-state index is 12.8. The third kappa shape index (κ3) is 4.13. The molecule has 0 saturated carbocycles. The molecule has 29 heavy (non-hydrogen) atoms. The molecule has 0 atom stereocenters. The Morgan fingerprint density at radius 2 is 2.00 bits per heavy atom. The highest BCUT2D eigenvalue weighted by Crippen LogP contribution is 2.28. The van der Waals surface area contributed by atoms with Gasteiger partial charge in [0.25, 0.3) is 5.91 Å². The van der Waals surface area contributed by atoms with Crippen molar-refractivity contribution in [2.45, 2.75) is 39.3 Å². The summed E-state index contributed by atoms with van der Waals surface area (Å²) in [4.78, 5) is 12.8. The number of benzene rings is 2. The summed E-state index contributed by atoms with van der Waals surface area (Å²) in [6.07, 6.45) is 2.70. The van der Waals surface area contributed by atoms with Crippen LogP contribution in [0.5, 0.6) is 5.75 Å². The number of ether oxygens (including phenoxy) is 1. The Morgan fingerprint density at radius 1 is 1.21 bits per heavy atom. The summed E-state index contributed by atoms with van der Waals surface area (Å²) < 4.78 is 31.0. The molecule has 0 spiro atoms. The minimum atomic E-state index is -2.88. The third-order valence-corrected chi connectivity index (χ3v) is 5.00. The van der Waals surface area contributed by atoms with E-state index in [0.29, 0.717) is 11.3 Å². The molecule has 0 fully saturated rings. The fourth-order valence-electron chi connectivity index (χ4n) is 3.62. The van der Waals surface area contributed by atoms with Crippen LogP contribution in [0.3, 0.4) is 0 Å². The number of fused-ring (bicyclic) bond motifs is 1. The topological polar surface area (TPSA) is 56.2 Å². The number of alkyl halides is 2. The van der Waals surface area contributed by atoms with E-state index in [2.05, 4.69) is 15.2 Å². The van der Waals surface area contributed by atoms with E-state index in [1.165, 1.54) is 12.1 Å². The summed E-state index contributed by atoms with van der Waals surface area (Å²) in [6.45, 7) is -0.656. The molecule has 5 nitrogen and oxygen atoms in total. The number of amides is 1. The molecular weight excluding hydrogens is 376 g/mol. The number of aromatic nitrogens is 2. The van der Waals surface area contributed by atoms with E-state index in [4.69, 9.17) is 0 Å². The van der Waals surface area contributed by atoms with Crippen LogP contribution in [0.1, 0.15) is 39.3 Å². The van der Waals surface area contributed by atoms with Crippen molar-refractivity contribution in [1.82, 2.24) is 15.1 Å². The van der Waals surface area contributed by atoms with Gasteiger partial charge >= 0.3 is 6.61 Å². The second kappa shape index (κ2) is 8.03. The number of hydrogen-bond donors (Lipinski definition) is 1. The zero-order valence-corrected chi connectivity index (χ0v) is 16.0. The SMILES string of the molecule is Cc1ccc(-n2nc(C(=O)NCc3cccc(OC(F)F)c3)c3c2CCC3)cc1. The van der Waals surface area contributed by atoms with Gasteiger partial charge in [0.05, 0.1) is 5.69 Å². The van der Waals surface area contributed by atoms with Gasteiger partial charge in [-0.25, -0.2) is 4.68 Å². The molecule has 4 rings (SSSR count). The number of hydrogen-bond acceptors (Lipinski definition) is 3. The Kier molecular flexibility index (Phi) is 5.29. The van der Waals surface area contributed by atoms with Gasteiger partial charge in [0.15, 0.2) is 5.69 Å². The number of carbonyl (C=O) groups is 1. The van der Waals surface area contributed by atoms with Gasteiger partial charge in [-0.3, -0.25) is 4.79 Å². The van der Waals surface area contributed by atoms with Gasteiger partial charge in [-0.1, -0.05) is 29.8 Å². The monoisotopic (exact) mass is 397 g/mol. The lowest BCUT2D eigenvalue weighted by Gasteiger charge is -2.08. The second-order valence-electron chi connectivity index (χ2n) is 7.08. The lowest BCUT2D eigenvalue weighted by atomic mass is 10.1. The van der Waals surface area contributed by atoms with Crippen LogP contribution < -0.4 is 10.1 Å². The van der Waals surface area contributed by atoms with Crippen LogP contribution in [0.2, 0.25) is 0 Å². The van der Waals surface area contributed by atoms with Crippen LogP contribution in [-0.4, -0.2) is 22.3 Å². The maximum atomic E-state index is 12.8. The van der Waals surface area contributed by atoms with Crippen LogP contribution in [0, 0.1) is 6.92 Å². The maximum Gasteiger partial charge on any atom is 0.387 e. The van der Waals surface area contributed by atoms with Crippen molar-refractivity contribution in [3.05, 3.63) is 76.6 Å². The Bertz CT molecular complexity index is 1030. The Balaban J connectivity index is 1.52. The van der Waals surface area contributed by atoms with E-state index in [-0.39, 0.29) is 18.2 Å². The largest absolute Gasteiger partial charge is 0.435 e. The molecule has 3 aromatic rings. The molecule has 0 radical (unpaired) electrons. The summed E-state index contributed by atoms with van der Waals surface area (Å²) in [5.74, 6) is -0.203. The highest BCUT2D eigenvalue weighted by atomic mass is 19.3. The number of nitrogens with zero attached hydrogens (tertiary/aromatic N) is 2. The highest BCUT2D eigenvalue weighted by Gasteiger charge is 2.26. The van der Waals surface area contributed by atoms with E-state index >= 15 is 0 Å². The molecule has 1 aromatic heterocycles. The molecule has 7 heteroatoms. The molecule has 1 aliphatic rings. The lowest BCUT2D eigenvalue weighted by Crippen LogP contribution is -2.24. The molecule has 1 N–H and O–H groups in total. The van der Waals surface area contributed by atoms with Gasteiger partial charge in [0.2, 0.25) is 0 Å². The molecule has 1 heterocycles. The third-order valence-electron chi connectivity index (χ3n) is 5.00. The molecule has 150 valence electrons. The highest BCUT2D eigenvalue weighted by molar-refractivity contribution is 5.94. The lowest BCUT2D eigenvalue weighted by molar-refractivity contribution is -0.0498. The zero-order chi connectivity index (χ0) is 20.4. The molecule has 0 saturated heterocycles. The average molecular weight is 397 g/mol. The summed E-state index contributed by atoms with van der Waals surface area (Å²) in [5.41, 5.74) is 5.26. The van der Waals surface area contributed by atoms with Crippen LogP contribution in [-0.2, 0) is 19.4 Å². The first-order valence-corrected chi connectivity index (χ1v) is 9.51. The Morgan fingerprint density at radius 3 is 2.76 bits per heavy atom. The van der Waals surface area contributed by atoms with Crippen molar-refractivity contribution in [3.8, 4) is 11.4 Å². The molecule has 2 aromatic carbocycles. The van der Waals surface area contributed by atoms with E-state index < -0.39 is 6.61 Å². The van der Waals surface area contributed by atoms with E-state index in [1.54, 1.807) is 12.1 Å². The van der Waals surface area contributed by atoms with E-state index in [9.17, 15) is 13.6 Å². The van der Waals surface area contributed by atoms with E-state index in [1.807, 2.05) is 35.9 Å². The van der Waals surface area contributed by atoms with Crippen LogP contribution >= 0.6 is 0 Å². The minimum Gasteiger partial charge on any atom is -0.435 e. The predicted octanol–water partition coefficient (Wildman–Crippen LogP) is 4.20. The molecule has 0 aliphatic heterocycles. The van der Waals surface area contributed by atoms with Gasteiger partial charge < -0.3 is 10.1 Å². The van der Waals surface area contributed by atoms with Gasteiger partial charge in [0.1, 0.15) is 5.75 Å². The molecule has 1 aliphatic carbocycles. The number of carbonyl (C=O) groups excluding carboxylic acids is 1. The molecule has 1 amide bonds. The van der Waals surface area contributed by atoms with Crippen molar-refractivity contribution in [1.29, 1.82) is 0 Å². The van der Waals surface area contributed by atoms with Crippen molar-refractivity contribution >= 4 is 5.91 Å². The van der Waals surface area contributed by atoms with E-state index in [0.717, 1.165) is 41.8 Å². The number of rotatable bonds is 6. The smallest absolute Gasteiger partial charge is 0.387 e. The number of halogens is 2. The van der Waals surface area contributed by atoms with Crippen LogP contribution in [0.15, 0.2) is 48.5 Å². The quantitative estimate of drug-likeness (QED) is 0.678. The van der Waals surface area contributed by atoms with Crippen molar-refractivity contribution in [3.63, 3.8) is 0 Å². The normalized spacial score (nSPS) is 12.8. The summed E-state index contributed by atoms with van der Waals surface area (Å²) >= 11 is 0. The first-order chi connectivity index (χ1) is 14.0. The van der Waals surface area contributed by atoms with Crippen molar-refractivity contribution in [2.75, 3.05) is 0 Å². The first-order valence-electron chi connectivity index (χ1n) is 9.51. The predicted molar refractivity (Wildman–Crippen MR) is 105 cm³/mol. The molecular formula is C22H21F2N3O2. The molecule has 0 bridgehead atoms. The Hall–Kier alpha value is -3.22. The van der Waals surface area contributed by atoms with Crippen molar-refractivity contribution < 1.29 is 18.3 Å². The standard InChI is InChI=1S/C22H21F2N3O2/c1-14-8-10-16(11-9-14)27-19-7-3-6-18(19)20(26-27)21(28)25-13-15-4-2-5-17(12-15)29-22(23)24/h2,4-5,8-12,22H,3,6-7,13H2,1H3,(H,25,28). The van der Waals surface area contributed by atoms with Gasteiger partial charge in [-0.2, -0.15) is 13.9 Å². The van der Waals surface area contributed by atoms with Gasteiger partial charge in [-0.05, 0) is 56.0 Å². The second-order valence-corrected chi connectivity index (χ2v) is 7.08. The number of aryl methyl sites for hydroxylation is 1. The van der Waals surface area contributed by atoms with Crippen LogP contribution in [0.4, 0.5) is 8.78 Å². The molecule has 0 unspecified atom stereocenters. The zero-order valence-electron chi connectivity index (χ0n) is 16.0.